The van der Waals surface area contributed by atoms with Crippen LogP contribution in [-0.4, -0.2) is 41.5 Å². The fourth-order valence-corrected chi connectivity index (χ4v) is 4.63. The Balaban J connectivity index is 1.52. The van der Waals surface area contributed by atoms with Gasteiger partial charge < -0.3 is 15.3 Å². The molecule has 2 heterocycles. The Kier molecular flexibility index (Phi) is 6.63. The van der Waals surface area contributed by atoms with Crippen molar-refractivity contribution in [3.05, 3.63) is 52.9 Å². The van der Waals surface area contributed by atoms with Crippen molar-refractivity contribution >= 4 is 28.2 Å². The van der Waals surface area contributed by atoms with Crippen molar-refractivity contribution in [2.45, 2.75) is 38.0 Å². The van der Waals surface area contributed by atoms with Crippen LogP contribution in [0.5, 0.6) is 0 Å². The lowest BCUT2D eigenvalue weighted by molar-refractivity contribution is -0.139. The van der Waals surface area contributed by atoms with Gasteiger partial charge in [-0.1, -0.05) is 30.3 Å². The molecule has 1 amide bonds. The average molecular weight is 387 g/mol. The first-order chi connectivity index (χ1) is 13.0. The number of thiophene rings is 1. The number of carbonyl (C=O) groups excluding carboxylic acids is 1. The summed E-state index contributed by atoms with van der Waals surface area (Å²) in [6.45, 7) is 4.25. The number of carbonyl (C=O) groups is 2. The maximum atomic E-state index is 11.7. The van der Waals surface area contributed by atoms with Gasteiger partial charge in [-0.3, -0.25) is 9.59 Å². The molecule has 1 aromatic heterocycles. The highest BCUT2D eigenvalue weighted by Gasteiger charge is 2.25. The van der Waals surface area contributed by atoms with Crippen molar-refractivity contribution in [3.63, 3.8) is 0 Å². The molecular weight excluding hydrogens is 360 g/mol. The number of piperidine rings is 1. The van der Waals surface area contributed by atoms with E-state index in [9.17, 15) is 14.7 Å². The molecule has 1 aromatic carbocycles. The Morgan fingerprint density at radius 1 is 1.26 bits per heavy atom. The highest BCUT2D eigenvalue weighted by molar-refractivity contribution is 7.14. The molecule has 1 atom stereocenters. The number of anilines is 1. The van der Waals surface area contributed by atoms with E-state index < -0.39 is 11.9 Å². The summed E-state index contributed by atoms with van der Waals surface area (Å²) < 4.78 is 0. The average Bonchev–Trinajstić information content (AvgIpc) is 3.10. The summed E-state index contributed by atoms with van der Waals surface area (Å²) in [5.41, 5.74) is 2.18. The van der Waals surface area contributed by atoms with E-state index in [0.717, 1.165) is 38.0 Å². The number of hydrogen-bond acceptors (Lipinski definition) is 4. The molecule has 144 valence electrons. The summed E-state index contributed by atoms with van der Waals surface area (Å²) >= 11 is 1.37. The SMILES string of the molecule is CC(=O)Nc1cc(C(CCN2CCC(c3ccccc3)CC2)C(=O)O)cs1. The first-order valence-corrected chi connectivity index (χ1v) is 10.3. The summed E-state index contributed by atoms with van der Waals surface area (Å²) in [5, 5.41) is 14.9. The molecule has 27 heavy (non-hydrogen) atoms. The first kappa shape index (κ1) is 19.6. The number of carboxylic acids is 1. The molecule has 1 fully saturated rings. The third kappa shape index (κ3) is 5.40. The quantitative estimate of drug-likeness (QED) is 0.750. The van der Waals surface area contributed by atoms with E-state index in [1.807, 2.05) is 11.4 Å². The summed E-state index contributed by atoms with van der Waals surface area (Å²) in [7, 11) is 0. The Bertz CT molecular complexity index is 767. The highest BCUT2D eigenvalue weighted by Crippen LogP contribution is 2.31. The molecule has 3 rings (SSSR count). The Morgan fingerprint density at radius 2 is 1.96 bits per heavy atom. The molecule has 1 saturated heterocycles. The van der Waals surface area contributed by atoms with E-state index in [-0.39, 0.29) is 5.91 Å². The third-order valence-electron chi connectivity index (χ3n) is 5.21. The van der Waals surface area contributed by atoms with Gasteiger partial charge >= 0.3 is 5.97 Å². The second-order valence-corrected chi connectivity index (χ2v) is 8.04. The summed E-state index contributed by atoms with van der Waals surface area (Å²) in [6, 6.07) is 12.4. The van der Waals surface area contributed by atoms with E-state index in [1.54, 1.807) is 6.07 Å². The van der Waals surface area contributed by atoms with Crippen LogP contribution in [0, 0.1) is 0 Å². The standard InChI is InChI=1S/C21H26N2O3S/c1-15(24)22-20-13-18(14-27-20)19(21(25)26)9-12-23-10-7-17(8-11-23)16-5-3-2-4-6-16/h2-6,13-14,17,19H,7-12H2,1H3,(H,22,24)(H,25,26). The minimum absolute atomic E-state index is 0.142. The number of aliphatic carboxylic acids is 1. The molecule has 2 N–H and O–H groups in total. The number of benzene rings is 1. The van der Waals surface area contributed by atoms with Crippen LogP contribution in [0.15, 0.2) is 41.8 Å². The van der Waals surface area contributed by atoms with Crippen molar-refractivity contribution in [1.29, 1.82) is 0 Å². The van der Waals surface area contributed by atoms with E-state index in [2.05, 4.69) is 34.5 Å². The summed E-state index contributed by atoms with van der Waals surface area (Å²) in [5.74, 6) is -0.872. The summed E-state index contributed by atoms with van der Waals surface area (Å²) in [6.07, 6.45) is 2.82. The van der Waals surface area contributed by atoms with Crippen LogP contribution >= 0.6 is 11.3 Å². The molecule has 0 spiro atoms. The van der Waals surface area contributed by atoms with Crippen molar-refractivity contribution in [3.8, 4) is 0 Å². The molecular formula is C21H26N2O3S. The van der Waals surface area contributed by atoms with Gasteiger partial charge in [-0.15, -0.1) is 11.3 Å². The van der Waals surface area contributed by atoms with E-state index in [4.69, 9.17) is 0 Å². The molecule has 1 unspecified atom stereocenters. The first-order valence-electron chi connectivity index (χ1n) is 9.39. The Morgan fingerprint density at radius 3 is 2.59 bits per heavy atom. The number of nitrogens with one attached hydrogen (secondary N) is 1. The molecule has 1 aliphatic heterocycles. The van der Waals surface area contributed by atoms with E-state index in [0.29, 0.717) is 17.3 Å². The molecule has 6 heteroatoms. The largest absolute Gasteiger partial charge is 0.481 e. The second-order valence-electron chi connectivity index (χ2n) is 7.13. The maximum absolute atomic E-state index is 11.7. The van der Waals surface area contributed by atoms with Crippen LogP contribution in [0.4, 0.5) is 5.00 Å². The van der Waals surface area contributed by atoms with Gasteiger partial charge in [0, 0.05) is 6.92 Å². The van der Waals surface area contributed by atoms with Crippen LogP contribution in [0.25, 0.3) is 0 Å². The van der Waals surface area contributed by atoms with Crippen molar-refractivity contribution in [2.24, 2.45) is 0 Å². The molecule has 5 nitrogen and oxygen atoms in total. The fraction of sp³-hybridized carbons (Fsp3) is 0.429. The predicted molar refractivity (Wildman–Crippen MR) is 108 cm³/mol. The van der Waals surface area contributed by atoms with Gasteiger partial charge in [0.05, 0.1) is 10.9 Å². The Labute approximate surface area is 164 Å². The molecule has 0 aliphatic carbocycles. The van der Waals surface area contributed by atoms with Crippen LogP contribution in [0.2, 0.25) is 0 Å². The normalized spacial score (nSPS) is 16.8. The van der Waals surface area contributed by atoms with Crippen LogP contribution in [0.3, 0.4) is 0 Å². The molecule has 0 radical (unpaired) electrons. The van der Waals surface area contributed by atoms with Gasteiger partial charge in [-0.2, -0.15) is 0 Å². The zero-order valence-electron chi connectivity index (χ0n) is 15.6. The molecule has 1 aliphatic rings. The number of hydrogen-bond donors (Lipinski definition) is 2. The monoisotopic (exact) mass is 386 g/mol. The smallest absolute Gasteiger partial charge is 0.311 e. The maximum Gasteiger partial charge on any atom is 0.311 e. The lowest BCUT2D eigenvalue weighted by Crippen LogP contribution is -2.34. The van der Waals surface area contributed by atoms with Gasteiger partial charge in [0.1, 0.15) is 0 Å². The lowest BCUT2D eigenvalue weighted by Gasteiger charge is -2.32. The summed E-state index contributed by atoms with van der Waals surface area (Å²) in [4.78, 5) is 25.3. The van der Waals surface area contributed by atoms with E-state index in [1.165, 1.54) is 23.8 Å². The van der Waals surface area contributed by atoms with Crippen molar-refractivity contribution in [2.75, 3.05) is 25.0 Å². The molecule has 2 aromatic rings. The number of amides is 1. The van der Waals surface area contributed by atoms with E-state index >= 15 is 0 Å². The number of likely N-dealkylation sites (tertiary alicyclic amines) is 1. The van der Waals surface area contributed by atoms with Crippen LogP contribution in [0.1, 0.15) is 49.1 Å². The minimum atomic E-state index is -0.804. The molecule has 0 bridgehead atoms. The van der Waals surface area contributed by atoms with Crippen LogP contribution < -0.4 is 5.32 Å². The van der Waals surface area contributed by atoms with Gasteiger partial charge in [-0.05, 0) is 67.4 Å². The van der Waals surface area contributed by atoms with Crippen LogP contribution in [-0.2, 0) is 9.59 Å². The zero-order chi connectivity index (χ0) is 19.2. The predicted octanol–water partition coefficient (Wildman–Crippen LogP) is 4.14. The fourth-order valence-electron chi connectivity index (χ4n) is 3.73. The van der Waals surface area contributed by atoms with Gasteiger partial charge in [0.15, 0.2) is 0 Å². The lowest BCUT2D eigenvalue weighted by atomic mass is 9.89. The minimum Gasteiger partial charge on any atom is -0.481 e. The topological polar surface area (TPSA) is 69.6 Å². The number of nitrogens with zero attached hydrogens (tertiary/aromatic N) is 1. The zero-order valence-corrected chi connectivity index (χ0v) is 16.4. The van der Waals surface area contributed by atoms with Crippen molar-refractivity contribution in [1.82, 2.24) is 4.90 Å². The van der Waals surface area contributed by atoms with Gasteiger partial charge in [0.25, 0.3) is 0 Å². The number of carboxylic acid groups (broad SMARTS) is 1. The Hall–Kier alpha value is -2.18. The van der Waals surface area contributed by atoms with Gasteiger partial charge in [0.2, 0.25) is 5.91 Å². The number of rotatable bonds is 7. The van der Waals surface area contributed by atoms with Gasteiger partial charge in [-0.25, -0.2) is 0 Å². The third-order valence-corrected chi connectivity index (χ3v) is 6.08. The highest BCUT2D eigenvalue weighted by atomic mass is 32.1. The second kappa shape index (κ2) is 9.15. The molecule has 0 saturated carbocycles. The van der Waals surface area contributed by atoms with Crippen molar-refractivity contribution < 1.29 is 14.7 Å².